The standard InChI is InChI=1S/C35H24N4/c1-5-15-25(16-6-1)31-32(26-17-7-2-8-18-26)38-39-34(28-21-11-4-12-22-28)33(27-19-9-3-10-20-27)37-35(39)29-23-13-14-24-30(29)36-31/h1-24H/b36-31-,38-32-. The Morgan fingerprint density at radius 3 is 1.54 bits per heavy atom. The first-order chi connectivity index (χ1) is 19.4. The van der Waals surface area contributed by atoms with E-state index in [-0.39, 0.29) is 0 Å². The van der Waals surface area contributed by atoms with Crippen molar-refractivity contribution in [2.75, 3.05) is 0 Å². The molecule has 0 spiro atoms. The minimum atomic E-state index is 0.757. The van der Waals surface area contributed by atoms with Crippen LogP contribution in [0.25, 0.3) is 33.9 Å². The molecule has 5 aromatic carbocycles. The summed E-state index contributed by atoms with van der Waals surface area (Å²) in [6.45, 7) is 0. The summed E-state index contributed by atoms with van der Waals surface area (Å²) < 4.78 is 2.01. The van der Waals surface area contributed by atoms with E-state index in [0.29, 0.717) is 0 Å². The maximum atomic E-state index is 5.39. The molecule has 0 radical (unpaired) electrons. The van der Waals surface area contributed by atoms with Gasteiger partial charge in [-0.25, -0.2) is 14.7 Å². The molecule has 0 saturated heterocycles. The van der Waals surface area contributed by atoms with Gasteiger partial charge in [-0.2, -0.15) is 5.10 Å². The van der Waals surface area contributed by atoms with Gasteiger partial charge in [-0.05, 0) is 12.1 Å². The maximum absolute atomic E-state index is 5.39. The highest BCUT2D eigenvalue weighted by atomic mass is 15.4. The summed E-state index contributed by atoms with van der Waals surface area (Å²) >= 11 is 0. The average molecular weight is 501 g/mol. The van der Waals surface area contributed by atoms with E-state index in [4.69, 9.17) is 15.1 Å². The number of hydrogen-bond acceptors (Lipinski definition) is 3. The molecular formula is C35H24N4. The summed E-state index contributed by atoms with van der Waals surface area (Å²) in [7, 11) is 0. The van der Waals surface area contributed by atoms with Crippen LogP contribution in [0.2, 0.25) is 0 Å². The molecular weight excluding hydrogens is 476 g/mol. The fourth-order valence-corrected chi connectivity index (χ4v) is 5.01. The summed E-state index contributed by atoms with van der Waals surface area (Å²) in [6, 6.07) is 49.4. The Bertz CT molecular complexity index is 1820. The zero-order valence-electron chi connectivity index (χ0n) is 21.1. The van der Waals surface area contributed by atoms with Gasteiger partial charge in [0.1, 0.15) is 11.4 Å². The third-order valence-corrected chi connectivity index (χ3v) is 6.84. The van der Waals surface area contributed by atoms with Crippen LogP contribution in [0.4, 0.5) is 5.69 Å². The van der Waals surface area contributed by atoms with Crippen molar-refractivity contribution < 1.29 is 0 Å². The summed E-state index contributed by atoms with van der Waals surface area (Å²) in [6.07, 6.45) is 0. The van der Waals surface area contributed by atoms with Gasteiger partial charge in [-0.3, -0.25) is 0 Å². The van der Waals surface area contributed by atoms with E-state index in [9.17, 15) is 0 Å². The highest BCUT2D eigenvalue weighted by Gasteiger charge is 2.26. The topological polar surface area (TPSA) is 42.5 Å². The molecule has 2 heterocycles. The largest absolute Gasteiger partial charge is 0.245 e. The molecule has 1 aliphatic heterocycles. The molecule has 0 unspecified atom stereocenters. The fraction of sp³-hybridized carbons (Fsp3) is 0. The predicted molar refractivity (Wildman–Crippen MR) is 160 cm³/mol. The Hall–Kier alpha value is -5.35. The van der Waals surface area contributed by atoms with E-state index in [1.54, 1.807) is 0 Å². The van der Waals surface area contributed by atoms with Crippen LogP contribution in [-0.4, -0.2) is 21.1 Å². The second-order valence-electron chi connectivity index (χ2n) is 9.33. The number of imidazole rings is 1. The summed E-state index contributed by atoms with van der Waals surface area (Å²) in [4.78, 5) is 10.5. The van der Waals surface area contributed by atoms with Crippen molar-refractivity contribution in [1.29, 1.82) is 0 Å². The van der Waals surface area contributed by atoms with Crippen LogP contribution in [0.1, 0.15) is 11.1 Å². The molecule has 0 atom stereocenters. The van der Waals surface area contributed by atoms with Crippen LogP contribution in [-0.2, 0) is 0 Å². The van der Waals surface area contributed by atoms with Gasteiger partial charge in [0.2, 0.25) is 0 Å². The van der Waals surface area contributed by atoms with Gasteiger partial charge in [0.15, 0.2) is 5.82 Å². The zero-order valence-corrected chi connectivity index (χ0v) is 21.1. The molecule has 39 heavy (non-hydrogen) atoms. The molecule has 7 rings (SSSR count). The van der Waals surface area contributed by atoms with Crippen LogP contribution in [0.5, 0.6) is 0 Å². The van der Waals surface area contributed by atoms with Crippen molar-refractivity contribution in [3.05, 3.63) is 157 Å². The molecule has 4 nitrogen and oxygen atoms in total. The lowest BCUT2D eigenvalue weighted by Crippen LogP contribution is -2.20. The van der Waals surface area contributed by atoms with Crippen molar-refractivity contribution in [1.82, 2.24) is 9.66 Å². The van der Waals surface area contributed by atoms with Crippen LogP contribution in [0, 0.1) is 0 Å². The number of hydrogen-bond donors (Lipinski definition) is 0. The van der Waals surface area contributed by atoms with Crippen LogP contribution >= 0.6 is 0 Å². The molecule has 0 saturated carbocycles. The molecule has 1 aromatic heterocycles. The number of fused-ring (bicyclic) bond motifs is 3. The summed E-state index contributed by atoms with van der Waals surface area (Å²) in [5.41, 5.74) is 9.27. The van der Waals surface area contributed by atoms with Crippen molar-refractivity contribution in [3.63, 3.8) is 0 Å². The number of nitrogens with zero attached hydrogens (tertiary/aromatic N) is 4. The van der Waals surface area contributed by atoms with Gasteiger partial charge in [0.25, 0.3) is 0 Å². The number of rotatable bonds is 4. The Labute approximate surface area is 227 Å². The highest BCUT2D eigenvalue weighted by Crippen LogP contribution is 2.40. The first kappa shape index (κ1) is 22.8. The van der Waals surface area contributed by atoms with Crippen LogP contribution in [0.3, 0.4) is 0 Å². The smallest absolute Gasteiger partial charge is 0.164 e. The quantitative estimate of drug-likeness (QED) is 0.240. The number of aliphatic imine (C=N–C) groups is 1. The van der Waals surface area contributed by atoms with Crippen molar-refractivity contribution in [2.24, 2.45) is 10.1 Å². The Balaban J connectivity index is 1.62. The van der Waals surface area contributed by atoms with Gasteiger partial charge < -0.3 is 0 Å². The predicted octanol–water partition coefficient (Wildman–Crippen LogP) is 8.27. The Morgan fingerprint density at radius 1 is 0.436 bits per heavy atom. The minimum absolute atomic E-state index is 0.757. The van der Waals surface area contributed by atoms with Crippen LogP contribution < -0.4 is 0 Å². The van der Waals surface area contributed by atoms with E-state index in [1.165, 1.54) is 0 Å². The van der Waals surface area contributed by atoms with E-state index in [0.717, 1.165) is 62.1 Å². The lowest BCUT2D eigenvalue weighted by Gasteiger charge is -2.18. The van der Waals surface area contributed by atoms with E-state index in [1.807, 2.05) is 77.5 Å². The van der Waals surface area contributed by atoms with Gasteiger partial charge in [0, 0.05) is 27.8 Å². The van der Waals surface area contributed by atoms with E-state index >= 15 is 0 Å². The van der Waals surface area contributed by atoms with E-state index in [2.05, 4.69) is 72.8 Å². The number of para-hydroxylation sites is 1. The third-order valence-electron chi connectivity index (χ3n) is 6.84. The molecule has 0 amide bonds. The summed E-state index contributed by atoms with van der Waals surface area (Å²) in [5, 5.41) is 5.39. The zero-order chi connectivity index (χ0) is 26.0. The number of aromatic nitrogens is 2. The lowest BCUT2D eigenvalue weighted by atomic mass is 9.99. The molecule has 0 bridgehead atoms. The van der Waals surface area contributed by atoms with Gasteiger partial charge in [0.05, 0.1) is 17.1 Å². The van der Waals surface area contributed by atoms with Gasteiger partial charge in [-0.1, -0.05) is 133 Å². The average Bonchev–Trinajstić information content (AvgIpc) is 3.38. The van der Waals surface area contributed by atoms with E-state index < -0.39 is 0 Å². The van der Waals surface area contributed by atoms with Crippen molar-refractivity contribution in [2.45, 2.75) is 0 Å². The molecule has 6 aromatic rings. The van der Waals surface area contributed by atoms with Gasteiger partial charge >= 0.3 is 0 Å². The fourth-order valence-electron chi connectivity index (χ4n) is 5.01. The monoisotopic (exact) mass is 500 g/mol. The second kappa shape index (κ2) is 9.84. The second-order valence-corrected chi connectivity index (χ2v) is 9.33. The minimum Gasteiger partial charge on any atom is -0.245 e. The molecule has 184 valence electrons. The molecule has 0 aliphatic carbocycles. The number of benzene rings is 5. The molecule has 4 heteroatoms. The molecule has 1 aliphatic rings. The SMILES string of the molecule is c1ccc(C2=N/c3ccccc3-c3nc(-c4ccccc4)c(-c4ccccc4)n3/N=C\2c2ccccc2)cc1. The Morgan fingerprint density at radius 2 is 0.923 bits per heavy atom. The normalized spacial score (nSPS) is 15.1. The first-order valence-corrected chi connectivity index (χ1v) is 13.0. The highest BCUT2D eigenvalue weighted by molar-refractivity contribution is 6.54. The first-order valence-electron chi connectivity index (χ1n) is 13.0. The lowest BCUT2D eigenvalue weighted by molar-refractivity contribution is 0.896. The van der Waals surface area contributed by atoms with Crippen LogP contribution in [0.15, 0.2) is 156 Å². The third kappa shape index (κ3) is 4.18. The molecule has 0 fully saturated rings. The molecule has 0 N–H and O–H groups in total. The van der Waals surface area contributed by atoms with Crippen molar-refractivity contribution in [3.8, 4) is 33.9 Å². The maximum Gasteiger partial charge on any atom is 0.164 e. The van der Waals surface area contributed by atoms with Crippen molar-refractivity contribution >= 4 is 17.1 Å². The van der Waals surface area contributed by atoms with Gasteiger partial charge in [-0.15, -0.1) is 0 Å². The Kier molecular flexibility index (Phi) is 5.76. The summed E-state index contributed by atoms with van der Waals surface area (Å²) in [5.74, 6) is 0.757.